The summed E-state index contributed by atoms with van der Waals surface area (Å²) in [7, 11) is -3.36. The van der Waals surface area contributed by atoms with Crippen molar-refractivity contribution in [2.75, 3.05) is 39.3 Å². The van der Waals surface area contributed by atoms with Crippen molar-refractivity contribution < 1.29 is 12.9 Å². The molecule has 1 fully saturated rings. The third kappa shape index (κ3) is 4.78. The fourth-order valence-electron chi connectivity index (χ4n) is 3.06. The SMILES string of the molecule is CCCCc1noc(C(C)N2CCN(S(=O)(=O)N(CC)CC)CC2)n1. The largest absolute Gasteiger partial charge is 0.338 e. The Morgan fingerprint density at radius 3 is 2.36 bits per heavy atom. The van der Waals surface area contributed by atoms with E-state index in [1.54, 1.807) is 4.31 Å². The van der Waals surface area contributed by atoms with E-state index in [-0.39, 0.29) is 6.04 Å². The van der Waals surface area contributed by atoms with Gasteiger partial charge in [0, 0.05) is 45.7 Å². The lowest BCUT2D eigenvalue weighted by Crippen LogP contribution is -2.53. The molecule has 1 saturated heterocycles. The Balaban J connectivity index is 1.94. The zero-order valence-corrected chi connectivity index (χ0v) is 16.6. The maximum atomic E-state index is 12.6. The summed E-state index contributed by atoms with van der Waals surface area (Å²) in [6, 6.07) is 0.00110. The minimum absolute atomic E-state index is 0.00110. The lowest BCUT2D eigenvalue weighted by Gasteiger charge is -2.37. The molecule has 9 heteroatoms. The number of rotatable bonds is 9. The first-order valence-corrected chi connectivity index (χ1v) is 10.6. The van der Waals surface area contributed by atoms with Gasteiger partial charge in [-0.15, -0.1) is 0 Å². The molecule has 0 saturated carbocycles. The first-order chi connectivity index (χ1) is 11.9. The molecule has 1 aliphatic heterocycles. The van der Waals surface area contributed by atoms with E-state index in [2.05, 4.69) is 22.0 Å². The number of unbranched alkanes of at least 4 members (excludes halogenated alkanes) is 1. The summed E-state index contributed by atoms with van der Waals surface area (Å²) in [4.78, 5) is 6.69. The molecule has 2 heterocycles. The quantitative estimate of drug-likeness (QED) is 0.655. The molecule has 1 aromatic rings. The Morgan fingerprint density at radius 2 is 1.80 bits per heavy atom. The number of aryl methyl sites for hydroxylation is 1. The van der Waals surface area contributed by atoms with E-state index in [1.807, 2.05) is 20.8 Å². The highest BCUT2D eigenvalue weighted by Gasteiger charge is 2.33. The Bertz CT molecular complexity index is 621. The predicted molar refractivity (Wildman–Crippen MR) is 96.3 cm³/mol. The molecule has 0 bridgehead atoms. The Morgan fingerprint density at radius 1 is 1.16 bits per heavy atom. The fourth-order valence-corrected chi connectivity index (χ4v) is 4.67. The van der Waals surface area contributed by atoms with Gasteiger partial charge in [0.15, 0.2) is 5.82 Å². The molecule has 1 aliphatic rings. The van der Waals surface area contributed by atoms with Crippen LogP contribution in [0.4, 0.5) is 0 Å². The maximum absolute atomic E-state index is 12.6. The third-order valence-corrected chi connectivity index (χ3v) is 6.96. The van der Waals surface area contributed by atoms with Crippen LogP contribution in [0.3, 0.4) is 0 Å². The molecule has 8 nitrogen and oxygen atoms in total. The Labute approximate surface area is 151 Å². The smallest absolute Gasteiger partial charge is 0.282 e. The predicted octanol–water partition coefficient (Wildman–Crippen LogP) is 1.68. The Hall–Kier alpha value is -1.03. The average Bonchev–Trinajstić information content (AvgIpc) is 3.09. The van der Waals surface area contributed by atoms with Gasteiger partial charge in [-0.25, -0.2) is 0 Å². The van der Waals surface area contributed by atoms with E-state index in [0.717, 1.165) is 25.1 Å². The van der Waals surface area contributed by atoms with Crippen LogP contribution in [-0.4, -0.2) is 71.3 Å². The summed E-state index contributed by atoms with van der Waals surface area (Å²) >= 11 is 0. The molecule has 144 valence electrons. The van der Waals surface area contributed by atoms with Crippen LogP contribution in [-0.2, 0) is 16.6 Å². The van der Waals surface area contributed by atoms with E-state index in [1.165, 1.54) is 4.31 Å². The monoisotopic (exact) mass is 373 g/mol. The highest BCUT2D eigenvalue weighted by atomic mass is 32.2. The number of nitrogens with zero attached hydrogens (tertiary/aromatic N) is 5. The standard InChI is InChI=1S/C16H31N5O3S/c1-5-8-9-15-17-16(24-18-15)14(4)19-10-12-21(13-11-19)25(22,23)20(6-2)7-3/h14H,5-13H2,1-4H3. The number of piperazine rings is 1. The van der Waals surface area contributed by atoms with Gasteiger partial charge in [-0.05, 0) is 13.3 Å². The van der Waals surface area contributed by atoms with Crippen LogP contribution in [0.5, 0.6) is 0 Å². The number of hydrogen-bond acceptors (Lipinski definition) is 6. The second kappa shape index (κ2) is 9.07. The van der Waals surface area contributed by atoms with Crippen molar-refractivity contribution in [2.24, 2.45) is 0 Å². The van der Waals surface area contributed by atoms with Crippen LogP contribution in [0.25, 0.3) is 0 Å². The average molecular weight is 374 g/mol. The van der Waals surface area contributed by atoms with E-state index in [4.69, 9.17) is 4.52 Å². The van der Waals surface area contributed by atoms with Crippen molar-refractivity contribution in [2.45, 2.75) is 53.0 Å². The fraction of sp³-hybridized carbons (Fsp3) is 0.875. The molecule has 0 aliphatic carbocycles. The normalized spacial score (nSPS) is 18.8. The van der Waals surface area contributed by atoms with Crippen molar-refractivity contribution in [1.82, 2.24) is 23.7 Å². The summed E-state index contributed by atoms with van der Waals surface area (Å²) in [5, 5.41) is 4.04. The molecule has 0 amide bonds. The van der Waals surface area contributed by atoms with E-state index < -0.39 is 10.2 Å². The molecule has 0 aromatic carbocycles. The molecular formula is C16H31N5O3S. The van der Waals surface area contributed by atoms with Crippen LogP contribution in [0.2, 0.25) is 0 Å². The lowest BCUT2D eigenvalue weighted by atomic mass is 10.2. The van der Waals surface area contributed by atoms with Crippen molar-refractivity contribution in [3.8, 4) is 0 Å². The molecule has 2 rings (SSSR count). The van der Waals surface area contributed by atoms with Crippen LogP contribution in [0, 0.1) is 0 Å². The zero-order chi connectivity index (χ0) is 18.4. The van der Waals surface area contributed by atoms with Gasteiger partial charge in [0.1, 0.15) is 0 Å². The first kappa shape index (κ1) is 20.3. The highest BCUT2D eigenvalue weighted by Crippen LogP contribution is 2.22. The molecule has 0 spiro atoms. The van der Waals surface area contributed by atoms with Crippen molar-refractivity contribution in [1.29, 1.82) is 0 Å². The summed E-state index contributed by atoms with van der Waals surface area (Å²) in [6.07, 6.45) is 2.99. The third-order valence-electron chi connectivity index (χ3n) is 4.77. The molecule has 0 N–H and O–H groups in total. The van der Waals surface area contributed by atoms with Crippen LogP contribution >= 0.6 is 0 Å². The number of hydrogen-bond donors (Lipinski definition) is 0. The molecule has 0 radical (unpaired) electrons. The van der Waals surface area contributed by atoms with Crippen LogP contribution in [0.15, 0.2) is 4.52 Å². The molecule has 1 unspecified atom stereocenters. The summed E-state index contributed by atoms with van der Waals surface area (Å²) < 4.78 is 33.7. The Kier molecular flexibility index (Phi) is 7.36. The van der Waals surface area contributed by atoms with Gasteiger partial charge < -0.3 is 4.52 Å². The van der Waals surface area contributed by atoms with Crippen molar-refractivity contribution in [3.05, 3.63) is 11.7 Å². The van der Waals surface area contributed by atoms with Gasteiger partial charge >= 0.3 is 0 Å². The van der Waals surface area contributed by atoms with Gasteiger partial charge in [-0.2, -0.15) is 22.0 Å². The van der Waals surface area contributed by atoms with E-state index in [9.17, 15) is 8.42 Å². The van der Waals surface area contributed by atoms with Gasteiger partial charge in [0.25, 0.3) is 10.2 Å². The topological polar surface area (TPSA) is 82.8 Å². The highest BCUT2D eigenvalue weighted by molar-refractivity contribution is 7.86. The zero-order valence-electron chi connectivity index (χ0n) is 15.8. The van der Waals surface area contributed by atoms with E-state index >= 15 is 0 Å². The number of aromatic nitrogens is 2. The van der Waals surface area contributed by atoms with Gasteiger partial charge in [0.2, 0.25) is 5.89 Å². The molecule has 25 heavy (non-hydrogen) atoms. The summed E-state index contributed by atoms with van der Waals surface area (Å²) in [5.41, 5.74) is 0. The summed E-state index contributed by atoms with van der Waals surface area (Å²) in [6.45, 7) is 11.2. The summed E-state index contributed by atoms with van der Waals surface area (Å²) in [5.74, 6) is 1.37. The maximum Gasteiger partial charge on any atom is 0.282 e. The van der Waals surface area contributed by atoms with Crippen LogP contribution in [0.1, 0.15) is 58.3 Å². The van der Waals surface area contributed by atoms with Gasteiger partial charge in [-0.3, -0.25) is 4.90 Å². The van der Waals surface area contributed by atoms with Crippen molar-refractivity contribution in [3.63, 3.8) is 0 Å². The molecule has 1 aromatic heterocycles. The second-order valence-corrected chi connectivity index (χ2v) is 8.28. The second-order valence-electron chi connectivity index (χ2n) is 6.36. The van der Waals surface area contributed by atoms with Crippen LogP contribution < -0.4 is 0 Å². The van der Waals surface area contributed by atoms with Crippen molar-refractivity contribution >= 4 is 10.2 Å². The minimum Gasteiger partial charge on any atom is -0.338 e. The molecule has 1 atom stereocenters. The minimum atomic E-state index is -3.36. The lowest BCUT2D eigenvalue weighted by molar-refractivity contribution is 0.121. The van der Waals surface area contributed by atoms with Gasteiger partial charge in [-0.1, -0.05) is 32.3 Å². The molecular weight excluding hydrogens is 342 g/mol. The first-order valence-electron chi connectivity index (χ1n) is 9.25. The van der Waals surface area contributed by atoms with Gasteiger partial charge in [0.05, 0.1) is 6.04 Å². The van der Waals surface area contributed by atoms with E-state index in [0.29, 0.717) is 45.2 Å².